The third-order valence-corrected chi connectivity index (χ3v) is 13.9. The van der Waals surface area contributed by atoms with E-state index in [1.54, 1.807) is 12.1 Å². The molecule has 1 saturated carbocycles. The molecule has 1 unspecified atom stereocenters. The molecule has 324 valence electrons. The minimum absolute atomic E-state index is 0.227. The van der Waals surface area contributed by atoms with Crippen LogP contribution < -0.4 is 13.7 Å². The summed E-state index contributed by atoms with van der Waals surface area (Å²) in [4.78, 5) is 13.4. The Balaban J connectivity index is 0.982. The first kappa shape index (κ1) is 42.6. The minimum Gasteiger partial charge on any atom is -0.472 e. The number of hydrogen-bond donors (Lipinski definition) is 0. The summed E-state index contributed by atoms with van der Waals surface area (Å²) in [5, 5.41) is 1.98. The fourth-order valence-corrected chi connectivity index (χ4v) is 10.5. The Morgan fingerprint density at radius 2 is 1.41 bits per heavy atom. The van der Waals surface area contributed by atoms with Gasteiger partial charge >= 0.3 is 16.1 Å². The maximum Gasteiger partial charge on any atom is 0.343 e. The van der Waals surface area contributed by atoms with Crippen molar-refractivity contribution in [3.63, 3.8) is 0 Å². The van der Waals surface area contributed by atoms with Crippen LogP contribution in [0.3, 0.4) is 0 Å². The third kappa shape index (κ3) is 8.68. The quantitative estimate of drug-likeness (QED) is 0.0524. The van der Waals surface area contributed by atoms with Gasteiger partial charge in [0.15, 0.2) is 5.60 Å². The predicted octanol–water partition coefficient (Wildman–Crippen LogP) is 13.3. The van der Waals surface area contributed by atoms with E-state index >= 15 is 0 Å². The van der Waals surface area contributed by atoms with E-state index in [0.717, 1.165) is 73.2 Å². The summed E-state index contributed by atoms with van der Waals surface area (Å²) in [5.41, 5.74) is 8.23. The molecule has 3 aliphatic rings. The molecule has 63 heavy (non-hydrogen) atoms. The van der Waals surface area contributed by atoms with Crippen molar-refractivity contribution in [2.75, 3.05) is 6.26 Å². The average Bonchev–Trinajstić information content (AvgIpc) is 3.61. The van der Waals surface area contributed by atoms with E-state index in [0.29, 0.717) is 23.8 Å². The molecule has 6 aromatic rings. The van der Waals surface area contributed by atoms with Crippen LogP contribution in [-0.2, 0) is 32.7 Å². The first-order valence-electron chi connectivity index (χ1n) is 22.5. The highest BCUT2D eigenvalue weighted by Gasteiger charge is 2.43. The molecule has 0 radical (unpaired) electrons. The van der Waals surface area contributed by atoms with Gasteiger partial charge in [-0.25, -0.2) is 4.79 Å². The second kappa shape index (κ2) is 17.1. The molecule has 7 nitrogen and oxygen atoms in total. The first-order chi connectivity index (χ1) is 30.3. The minimum atomic E-state index is -3.70. The van der Waals surface area contributed by atoms with Crippen LogP contribution in [0.5, 0.6) is 17.2 Å². The van der Waals surface area contributed by atoms with Crippen molar-refractivity contribution in [2.45, 2.75) is 103 Å². The van der Waals surface area contributed by atoms with Crippen LogP contribution in [-0.4, -0.2) is 20.6 Å². The number of unbranched alkanes of at least 4 members (excludes halogenated alkanes) is 2. The van der Waals surface area contributed by atoms with Crippen molar-refractivity contribution in [3.05, 3.63) is 166 Å². The van der Waals surface area contributed by atoms with E-state index in [1.807, 2.05) is 48.5 Å². The molecule has 0 amide bonds. The number of ether oxygens (including phenoxy) is 3. The molecule has 0 N–H and O–H groups in total. The zero-order chi connectivity index (χ0) is 43.9. The van der Waals surface area contributed by atoms with Crippen LogP contribution in [0.1, 0.15) is 127 Å². The molecule has 0 saturated heterocycles. The highest BCUT2D eigenvalue weighted by atomic mass is 32.2. The smallest absolute Gasteiger partial charge is 0.343 e. The fourth-order valence-electron chi connectivity index (χ4n) is 10.0. The van der Waals surface area contributed by atoms with E-state index in [2.05, 4.69) is 94.4 Å². The molecule has 8 heteroatoms. The average molecular weight is 861 g/mol. The highest BCUT2D eigenvalue weighted by molar-refractivity contribution is 7.86. The molecular weight excluding hydrogens is 805 g/mol. The lowest BCUT2D eigenvalue weighted by Gasteiger charge is -2.38. The topological polar surface area (TPSA) is 88.1 Å². The van der Waals surface area contributed by atoms with E-state index in [4.69, 9.17) is 18.4 Å². The van der Waals surface area contributed by atoms with Crippen molar-refractivity contribution < 1.29 is 31.6 Å². The second-order valence-electron chi connectivity index (χ2n) is 18.3. The molecule has 0 spiro atoms. The lowest BCUT2D eigenvalue weighted by molar-refractivity contribution is -0.00803. The summed E-state index contributed by atoms with van der Waals surface area (Å²) < 4.78 is 48.7. The lowest BCUT2D eigenvalue weighted by Crippen LogP contribution is -2.35. The maximum absolute atomic E-state index is 13.4. The fraction of sp³-hybridized carbons (Fsp3) is 0.327. The number of esters is 1. The van der Waals surface area contributed by atoms with Gasteiger partial charge in [-0.1, -0.05) is 117 Å². The molecule has 0 bridgehead atoms. The van der Waals surface area contributed by atoms with E-state index < -0.39 is 21.3 Å². The van der Waals surface area contributed by atoms with Gasteiger partial charge in [0.05, 0.1) is 24.0 Å². The number of benzene rings is 6. The van der Waals surface area contributed by atoms with Gasteiger partial charge in [-0.3, -0.25) is 0 Å². The summed E-state index contributed by atoms with van der Waals surface area (Å²) in [6, 6.07) is 37.4. The van der Waals surface area contributed by atoms with Gasteiger partial charge in [0, 0.05) is 27.6 Å². The van der Waals surface area contributed by atoms with Gasteiger partial charge in [0.2, 0.25) is 0 Å². The summed E-state index contributed by atoms with van der Waals surface area (Å²) in [6.45, 7) is 8.97. The first-order valence-corrected chi connectivity index (χ1v) is 24.3. The number of hydrogen-bond acceptors (Lipinski definition) is 7. The van der Waals surface area contributed by atoms with Gasteiger partial charge in [-0.15, -0.1) is 0 Å². The van der Waals surface area contributed by atoms with Crippen LogP contribution in [0.25, 0.3) is 28.0 Å². The number of fused-ring (bicyclic) bond motifs is 6. The van der Waals surface area contributed by atoms with Gasteiger partial charge in [0.1, 0.15) is 17.2 Å². The monoisotopic (exact) mass is 860 g/mol. The Morgan fingerprint density at radius 1 is 0.762 bits per heavy atom. The summed E-state index contributed by atoms with van der Waals surface area (Å²) in [7, 11) is -3.70. The van der Waals surface area contributed by atoms with E-state index in [-0.39, 0.29) is 11.7 Å². The van der Waals surface area contributed by atoms with Crippen molar-refractivity contribution in [3.8, 4) is 28.4 Å². The lowest BCUT2D eigenvalue weighted by atomic mass is 9.77. The summed E-state index contributed by atoms with van der Waals surface area (Å²) in [5.74, 6) is 2.59. The van der Waals surface area contributed by atoms with E-state index in [9.17, 15) is 13.2 Å². The van der Waals surface area contributed by atoms with Crippen molar-refractivity contribution in [2.24, 2.45) is 5.92 Å². The Labute approximate surface area is 372 Å². The normalized spacial score (nSPS) is 20.1. The van der Waals surface area contributed by atoms with Crippen LogP contribution in [0.15, 0.2) is 121 Å². The van der Waals surface area contributed by atoms with Crippen LogP contribution >= 0.6 is 0 Å². The molecule has 9 rings (SSSR count). The molecule has 2 aliphatic heterocycles. The van der Waals surface area contributed by atoms with Crippen LogP contribution in [0.4, 0.5) is 0 Å². The van der Waals surface area contributed by atoms with Crippen LogP contribution in [0, 0.1) is 12.8 Å². The number of rotatable bonds is 12. The second-order valence-corrected chi connectivity index (χ2v) is 19.8. The van der Waals surface area contributed by atoms with Gasteiger partial charge in [0.25, 0.3) is 0 Å². The predicted molar refractivity (Wildman–Crippen MR) is 251 cm³/mol. The SMILES string of the molecule is CCCCCC1CCC(c2ccc(OC(=O)c3ccc(-c4ccc5c6c(c7c(c5c4)COC7(C)C)C=CC(c4ccc(C)cc4)(c4ccc(OS(C)(=O)=O)cc4)O6)cc3)cc2)CC1. The number of carbonyl (C=O) groups is 1. The summed E-state index contributed by atoms with van der Waals surface area (Å²) >= 11 is 0. The molecule has 2 heterocycles. The van der Waals surface area contributed by atoms with Gasteiger partial charge in [-0.05, 0) is 134 Å². The molecule has 0 aromatic heterocycles. The Bertz CT molecular complexity index is 2780. The standard InChI is InChI=1S/C55H56O7S/c1-6-7-8-9-37-12-14-38(15-13-37)39-20-27-45(28-21-39)60-53(56)41-18-16-40(17-19-41)42-22-31-47-49(34-42)50-35-59-54(3,4)51(50)48-32-33-55(61-52(47)48,43-23-10-36(2)11-24-43)44-25-29-46(30-26-44)62-63(5,57)58/h10-11,16-34,37-38H,6-9,12-15,35H2,1-5H3. The van der Waals surface area contributed by atoms with Crippen molar-refractivity contribution in [1.29, 1.82) is 0 Å². The Morgan fingerprint density at radius 3 is 2.08 bits per heavy atom. The Kier molecular flexibility index (Phi) is 11.6. The zero-order valence-corrected chi connectivity index (χ0v) is 37.7. The number of carbonyl (C=O) groups excluding carboxylic acids is 1. The largest absolute Gasteiger partial charge is 0.472 e. The van der Waals surface area contributed by atoms with Crippen LogP contribution in [0.2, 0.25) is 0 Å². The van der Waals surface area contributed by atoms with Crippen molar-refractivity contribution in [1.82, 2.24) is 0 Å². The van der Waals surface area contributed by atoms with Crippen molar-refractivity contribution >= 4 is 32.9 Å². The molecule has 1 fully saturated rings. The van der Waals surface area contributed by atoms with E-state index in [1.165, 1.54) is 56.9 Å². The molecular formula is C55H56O7S. The maximum atomic E-state index is 13.4. The molecule has 1 aliphatic carbocycles. The molecule has 6 aromatic carbocycles. The highest BCUT2D eigenvalue weighted by Crippen LogP contribution is 2.53. The summed E-state index contributed by atoms with van der Waals surface area (Å²) in [6.07, 6.45) is 15.7. The number of aryl methyl sites for hydroxylation is 1. The van der Waals surface area contributed by atoms with Gasteiger partial charge in [-0.2, -0.15) is 8.42 Å². The van der Waals surface area contributed by atoms with Gasteiger partial charge < -0.3 is 18.4 Å². The molecule has 1 atom stereocenters. The Hall–Kier alpha value is -5.70. The third-order valence-electron chi connectivity index (χ3n) is 13.4. The zero-order valence-electron chi connectivity index (χ0n) is 36.9.